The molecule has 0 aliphatic carbocycles. The number of carbonyl (C=O) groups is 2. The zero-order chi connectivity index (χ0) is 17.5. The highest BCUT2D eigenvalue weighted by atomic mass is 32.1. The van der Waals surface area contributed by atoms with Gasteiger partial charge in [0, 0.05) is 4.88 Å². The minimum Gasteiger partial charge on any atom is -0.463 e. The molecule has 0 spiro atoms. The topological polar surface area (TPSA) is 85.0 Å². The zero-order valence-corrected chi connectivity index (χ0v) is 14.6. The van der Waals surface area contributed by atoms with E-state index in [0.29, 0.717) is 26.3 Å². The van der Waals surface area contributed by atoms with Crippen LogP contribution in [0.1, 0.15) is 16.7 Å². The molecule has 3 heterocycles. The van der Waals surface area contributed by atoms with Crippen molar-refractivity contribution in [2.75, 3.05) is 32.8 Å². The summed E-state index contributed by atoms with van der Waals surface area (Å²) in [6.07, 6.45) is 1.62. The van der Waals surface area contributed by atoms with Crippen LogP contribution in [-0.4, -0.2) is 44.7 Å². The first kappa shape index (κ1) is 17.7. The number of quaternary nitrogens is 1. The molecule has 2 aromatic heterocycles. The summed E-state index contributed by atoms with van der Waals surface area (Å²) in [6.45, 7) is 3.75. The Labute approximate surface area is 149 Å². The molecular weight excluding hydrogens is 342 g/mol. The van der Waals surface area contributed by atoms with Crippen LogP contribution in [0.5, 0.6) is 0 Å². The Balaban J connectivity index is 1.52. The fraction of sp³-hybridized carbons (Fsp3) is 0.412. The molecule has 0 aromatic carbocycles. The van der Waals surface area contributed by atoms with Gasteiger partial charge in [-0.15, -0.1) is 11.3 Å². The van der Waals surface area contributed by atoms with Gasteiger partial charge in [0.2, 0.25) is 0 Å². The molecule has 7 nitrogen and oxygen atoms in total. The van der Waals surface area contributed by atoms with Crippen LogP contribution in [-0.2, 0) is 20.9 Å². The second-order valence-corrected chi connectivity index (χ2v) is 6.84. The Bertz CT molecular complexity index is 666. The highest BCUT2D eigenvalue weighted by Crippen LogP contribution is 2.10. The molecule has 2 aromatic rings. The number of thiophene rings is 1. The molecular formula is C17H22N3O4S+. The smallest absolute Gasteiger partial charge is 0.309 e. The maximum absolute atomic E-state index is 12.1. The first-order valence-electron chi connectivity index (χ1n) is 8.28. The molecule has 0 saturated carbocycles. The lowest BCUT2D eigenvalue weighted by molar-refractivity contribution is -0.938. The van der Waals surface area contributed by atoms with E-state index >= 15 is 0 Å². The lowest BCUT2D eigenvalue weighted by Crippen LogP contribution is -3.15. The van der Waals surface area contributed by atoms with Gasteiger partial charge < -0.3 is 24.7 Å². The Hall–Kier alpha value is -2.16. The fourth-order valence-corrected chi connectivity index (χ4v) is 3.50. The molecule has 3 rings (SSSR count). The summed E-state index contributed by atoms with van der Waals surface area (Å²) < 4.78 is 10.9. The first-order chi connectivity index (χ1) is 12.2. The summed E-state index contributed by atoms with van der Waals surface area (Å²) in [6, 6.07) is 7.52. The van der Waals surface area contributed by atoms with Crippen LogP contribution in [0, 0.1) is 0 Å². The van der Waals surface area contributed by atoms with Gasteiger partial charge in [-0.25, -0.2) is 0 Å². The minimum atomic E-state index is -0.624. The van der Waals surface area contributed by atoms with Crippen molar-refractivity contribution in [3.05, 3.63) is 46.5 Å². The van der Waals surface area contributed by atoms with E-state index < -0.39 is 11.8 Å². The summed E-state index contributed by atoms with van der Waals surface area (Å²) in [5.74, 6) is -0.444. The number of rotatable bonds is 6. The van der Waals surface area contributed by atoms with Gasteiger partial charge in [-0.2, -0.15) is 0 Å². The van der Waals surface area contributed by atoms with E-state index in [9.17, 15) is 9.59 Å². The van der Waals surface area contributed by atoms with Gasteiger partial charge in [-0.1, -0.05) is 6.07 Å². The summed E-state index contributed by atoms with van der Waals surface area (Å²) in [7, 11) is 0. The SMILES string of the molecule is O=C(NCc1cccs1)C(=O)NC[C@H](c1ccco1)[NH+]1CCOCC1. The van der Waals surface area contributed by atoms with Gasteiger partial charge in [0.25, 0.3) is 0 Å². The molecule has 1 saturated heterocycles. The average Bonchev–Trinajstić information content (AvgIpc) is 3.34. The molecule has 2 amide bonds. The van der Waals surface area contributed by atoms with E-state index in [-0.39, 0.29) is 6.04 Å². The quantitative estimate of drug-likeness (QED) is 0.616. The van der Waals surface area contributed by atoms with E-state index in [0.717, 1.165) is 23.7 Å². The second kappa shape index (κ2) is 8.80. The Morgan fingerprint density at radius 3 is 2.64 bits per heavy atom. The monoisotopic (exact) mass is 364 g/mol. The van der Waals surface area contributed by atoms with Gasteiger partial charge in [-0.3, -0.25) is 9.59 Å². The van der Waals surface area contributed by atoms with Crippen molar-refractivity contribution in [3.8, 4) is 0 Å². The Morgan fingerprint density at radius 2 is 1.96 bits per heavy atom. The number of furan rings is 1. The molecule has 0 unspecified atom stereocenters. The van der Waals surface area contributed by atoms with Crippen molar-refractivity contribution in [1.82, 2.24) is 10.6 Å². The van der Waals surface area contributed by atoms with Crippen LogP contribution in [0.15, 0.2) is 40.3 Å². The van der Waals surface area contributed by atoms with Crippen molar-refractivity contribution in [1.29, 1.82) is 0 Å². The molecule has 1 fully saturated rings. The number of hydrogen-bond donors (Lipinski definition) is 3. The second-order valence-electron chi connectivity index (χ2n) is 5.81. The van der Waals surface area contributed by atoms with E-state index in [1.165, 1.54) is 16.2 Å². The van der Waals surface area contributed by atoms with E-state index in [1.54, 1.807) is 6.26 Å². The highest BCUT2D eigenvalue weighted by Gasteiger charge is 2.29. The highest BCUT2D eigenvalue weighted by molar-refractivity contribution is 7.09. The number of hydrogen-bond acceptors (Lipinski definition) is 5. The average molecular weight is 364 g/mol. The predicted molar refractivity (Wildman–Crippen MR) is 92.1 cm³/mol. The van der Waals surface area contributed by atoms with Gasteiger partial charge in [-0.05, 0) is 23.6 Å². The largest absolute Gasteiger partial charge is 0.463 e. The molecule has 1 atom stereocenters. The van der Waals surface area contributed by atoms with Crippen molar-refractivity contribution in [3.63, 3.8) is 0 Å². The third-order valence-electron chi connectivity index (χ3n) is 4.19. The molecule has 134 valence electrons. The van der Waals surface area contributed by atoms with Crippen LogP contribution in [0.25, 0.3) is 0 Å². The maximum atomic E-state index is 12.1. The van der Waals surface area contributed by atoms with Crippen LogP contribution in [0.2, 0.25) is 0 Å². The number of nitrogens with one attached hydrogen (secondary N) is 3. The predicted octanol–water partition coefficient (Wildman–Crippen LogP) is -0.270. The molecule has 1 aliphatic rings. The van der Waals surface area contributed by atoms with Gasteiger partial charge in [0.15, 0.2) is 11.8 Å². The van der Waals surface area contributed by atoms with Crippen LogP contribution in [0.4, 0.5) is 0 Å². The van der Waals surface area contributed by atoms with Crippen LogP contribution >= 0.6 is 11.3 Å². The maximum Gasteiger partial charge on any atom is 0.309 e. The standard InChI is InChI=1S/C17H21N3O4S/c21-16(18-11-13-3-2-10-25-13)17(22)19-12-14(15-4-1-7-24-15)20-5-8-23-9-6-20/h1-4,7,10,14H,5-6,8-9,11-12H2,(H,18,21)(H,19,22)/p+1/t14-/m1/s1. The molecule has 3 N–H and O–H groups in total. The molecule has 0 radical (unpaired) electrons. The lowest BCUT2D eigenvalue weighted by atomic mass is 10.1. The normalized spacial score (nSPS) is 16.3. The summed E-state index contributed by atoms with van der Waals surface area (Å²) in [5, 5.41) is 7.29. The van der Waals surface area contributed by atoms with Crippen LogP contribution < -0.4 is 15.5 Å². The molecule has 0 bridgehead atoms. The van der Waals surface area contributed by atoms with Crippen LogP contribution in [0.3, 0.4) is 0 Å². The fourth-order valence-electron chi connectivity index (χ4n) is 2.85. The third kappa shape index (κ3) is 4.91. The summed E-state index contributed by atoms with van der Waals surface area (Å²) in [4.78, 5) is 26.3. The van der Waals surface area contributed by atoms with Crippen molar-refractivity contribution in [2.45, 2.75) is 12.6 Å². The number of ether oxygens (including phenoxy) is 1. The number of amides is 2. The summed E-state index contributed by atoms with van der Waals surface area (Å²) >= 11 is 1.54. The molecule has 25 heavy (non-hydrogen) atoms. The molecule has 1 aliphatic heterocycles. The van der Waals surface area contributed by atoms with E-state index in [1.807, 2.05) is 29.6 Å². The molecule has 8 heteroatoms. The first-order valence-corrected chi connectivity index (χ1v) is 9.16. The minimum absolute atomic E-state index is 0.0343. The van der Waals surface area contributed by atoms with Crippen molar-refractivity contribution < 1.29 is 23.6 Å². The number of morpholine rings is 1. The van der Waals surface area contributed by atoms with Gasteiger partial charge in [0.05, 0.1) is 32.6 Å². The van der Waals surface area contributed by atoms with Crippen molar-refractivity contribution in [2.24, 2.45) is 0 Å². The van der Waals surface area contributed by atoms with Crippen molar-refractivity contribution >= 4 is 23.2 Å². The Morgan fingerprint density at radius 1 is 1.16 bits per heavy atom. The van der Waals surface area contributed by atoms with Gasteiger partial charge >= 0.3 is 11.8 Å². The number of carbonyl (C=O) groups excluding carboxylic acids is 2. The summed E-state index contributed by atoms with van der Waals surface area (Å²) in [5.41, 5.74) is 0. The van der Waals surface area contributed by atoms with E-state index in [2.05, 4.69) is 10.6 Å². The van der Waals surface area contributed by atoms with E-state index in [4.69, 9.17) is 9.15 Å². The van der Waals surface area contributed by atoms with Gasteiger partial charge in [0.1, 0.15) is 13.1 Å². The zero-order valence-electron chi connectivity index (χ0n) is 13.8. The third-order valence-corrected chi connectivity index (χ3v) is 5.07. The Kier molecular flexibility index (Phi) is 6.21. The lowest BCUT2D eigenvalue weighted by Gasteiger charge is -2.30.